The topological polar surface area (TPSA) is 87.1 Å². The number of carboxylic acid groups (broad SMARTS) is 1. The number of rotatable bonds is 5. The molecule has 9 heteroatoms. The first kappa shape index (κ1) is 18.4. The predicted octanol–water partition coefficient (Wildman–Crippen LogP) is 3.59. The van der Waals surface area contributed by atoms with Gasteiger partial charge >= 0.3 is 5.97 Å². The van der Waals surface area contributed by atoms with Gasteiger partial charge in [0, 0.05) is 21.9 Å². The summed E-state index contributed by atoms with van der Waals surface area (Å²) >= 11 is 17.3. The number of nitrogens with zero attached hydrogens (tertiary/aromatic N) is 2. The number of aromatic nitrogens is 2. The van der Waals surface area contributed by atoms with E-state index in [1.54, 1.807) is 30.5 Å². The van der Waals surface area contributed by atoms with Gasteiger partial charge in [-0.3, -0.25) is 4.79 Å². The fraction of sp³-hybridized carbons (Fsp3) is 0.200. The number of nitrogens with one attached hydrogen (secondary N) is 2. The van der Waals surface area contributed by atoms with E-state index in [1.165, 1.54) is 0 Å². The van der Waals surface area contributed by atoms with E-state index in [2.05, 4.69) is 20.6 Å². The highest BCUT2D eigenvalue weighted by Crippen LogP contribution is 2.28. The summed E-state index contributed by atoms with van der Waals surface area (Å²) in [6, 6.07) is 5.98. The van der Waals surface area contributed by atoms with Gasteiger partial charge in [0.05, 0.1) is 12.5 Å². The summed E-state index contributed by atoms with van der Waals surface area (Å²) in [6.45, 7) is 1.82. The molecule has 126 valence electrons. The smallest absolute Gasteiger partial charge is 0.305 e. The van der Waals surface area contributed by atoms with Crippen molar-refractivity contribution in [3.8, 4) is 0 Å². The Hall–Kier alpha value is -1.96. The lowest BCUT2D eigenvalue weighted by Crippen LogP contribution is -2.34. The van der Waals surface area contributed by atoms with Gasteiger partial charge < -0.3 is 15.7 Å². The van der Waals surface area contributed by atoms with E-state index in [4.69, 9.17) is 40.5 Å². The molecule has 0 saturated heterocycles. The zero-order valence-electron chi connectivity index (χ0n) is 12.6. The molecule has 0 spiro atoms. The van der Waals surface area contributed by atoms with Crippen LogP contribution in [0.5, 0.6) is 0 Å². The number of hydrogen-bond acceptors (Lipinski definition) is 4. The third-order valence-electron chi connectivity index (χ3n) is 3.04. The Morgan fingerprint density at radius 3 is 2.75 bits per heavy atom. The van der Waals surface area contributed by atoms with E-state index >= 15 is 0 Å². The Balaban J connectivity index is 2.16. The SMILES string of the molecule is Cc1ccnc(NC(=S)N[C@H](CC(=O)O)c2ccc(Cl)cc2Cl)n1. The van der Waals surface area contributed by atoms with Crippen LogP contribution in [0.1, 0.15) is 23.7 Å². The molecule has 1 aromatic heterocycles. The number of carbonyl (C=O) groups is 1. The van der Waals surface area contributed by atoms with Crippen LogP contribution < -0.4 is 10.6 Å². The lowest BCUT2D eigenvalue weighted by molar-refractivity contribution is -0.137. The molecule has 0 amide bonds. The van der Waals surface area contributed by atoms with Crippen LogP contribution in [-0.2, 0) is 4.79 Å². The number of anilines is 1. The molecule has 0 aliphatic carbocycles. The van der Waals surface area contributed by atoms with Crippen LogP contribution in [0, 0.1) is 6.92 Å². The number of halogens is 2. The molecule has 0 fully saturated rings. The van der Waals surface area contributed by atoms with E-state index in [9.17, 15) is 4.79 Å². The van der Waals surface area contributed by atoms with Gasteiger partial charge in [-0.25, -0.2) is 9.97 Å². The van der Waals surface area contributed by atoms with Crippen molar-refractivity contribution in [3.05, 3.63) is 51.8 Å². The van der Waals surface area contributed by atoms with E-state index in [0.29, 0.717) is 21.6 Å². The van der Waals surface area contributed by atoms with Crippen LogP contribution >= 0.6 is 35.4 Å². The lowest BCUT2D eigenvalue weighted by atomic mass is 10.0. The number of hydrogen-bond donors (Lipinski definition) is 3. The van der Waals surface area contributed by atoms with Crippen molar-refractivity contribution in [3.63, 3.8) is 0 Å². The van der Waals surface area contributed by atoms with Crippen molar-refractivity contribution in [2.75, 3.05) is 5.32 Å². The summed E-state index contributed by atoms with van der Waals surface area (Å²) < 4.78 is 0. The molecule has 3 N–H and O–H groups in total. The Morgan fingerprint density at radius 1 is 1.38 bits per heavy atom. The molecule has 1 atom stereocenters. The number of carboxylic acids is 1. The summed E-state index contributed by atoms with van der Waals surface area (Å²) in [6.07, 6.45) is 1.38. The molecule has 0 aliphatic rings. The van der Waals surface area contributed by atoms with Crippen LogP contribution in [0.2, 0.25) is 10.0 Å². The number of aryl methyl sites for hydroxylation is 1. The van der Waals surface area contributed by atoms with Gasteiger partial charge in [-0.2, -0.15) is 0 Å². The normalized spacial score (nSPS) is 11.6. The Bertz CT molecular complexity index is 773. The lowest BCUT2D eigenvalue weighted by Gasteiger charge is -2.20. The van der Waals surface area contributed by atoms with Gasteiger partial charge in [-0.15, -0.1) is 0 Å². The summed E-state index contributed by atoms with van der Waals surface area (Å²) in [4.78, 5) is 19.4. The van der Waals surface area contributed by atoms with Crippen LogP contribution in [-0.4, -0.2) is 26.2 Å². The fourth-order valence-electron chi connectivity index (χ4n) is 2.00. The molecular formula is C15H14Cl2N4O2S. The van der Waals surface area contributed by atoms with E-state index < -0.39 is 12.0 Å². The predicted molar refractivity (Wildman–Crippen MR) is 97.6 cm³/mol. The molecule has 2 aromatic rings. The largest absolute Gasteiger partial charge is 0.481 e. The molecule has 0 unspecified atom stereocenters. The third kappa shape index (κ3) is 5.30. The van der Waals surface area contributed by atoms with Crippen molar-refractivity contribution < 1.29 is 9.90 Å². The summed E-state index contributed by atoms with van der Waals surface area (Å²) in [5.74, 6) is -0.670. The Labute approximate surface area is 154 Å². The number of aliphatic carboxylic acids is 1. The molecule has 0 radical (unpaired) electrons. The van der Waals surface area contributed by atoms with Gasteiger partial charge in [0.15, 0.2) is 5.11 Å². The van der Waals surface area contributed by atoms with Gasteiger partial charge in [0.2, 0.25) is 5.95 Å². The minimum atomic E-state index is -0.992. The molecule has 0 bridgehead atoms. The van der Waals surface area contributed by atoms with Crippen molar-refractivity contribution in [2.24, 2.45) is 0 Å². The number of thiocarbonyl (C=S) groups is 1. The van der Waals surface area contributed by atoms with Crippen LogP contribution in [0.15, 0.2) is 30.5 Å². The second kappa shape index (κ2) is 8.23. The first-order valence-electron chi connectivity index (χ1n) is 6.89. The van der Waals surface area contributed by atoms with E-state index in [1.807, 2.05) is 6.92 Å². The first-order chi connectivity index (χ1) is 11.3. The average molecular weight is 385 g/mol. The maximum atomic E-state index is 11.1. The molecule has 2 rings (SSSR count). The van der Waals surface area contributed by atoms with Crippen LogP contribution in [0.4, 0.5) is 5.95 Å². The van der Waals surface area contributed by atoms with E-state index in [0.717, 1.165) is 5.69 Å². The van der Waals surface area contributed by atoms with Crippen molar-refractivity contribution >= 4 is 52.4 Å². The zero-order valence-corrected chi connectivity index (χ0v) is 14.9. The molecular weight excluding hydrogens is 371 g/mol. The monoisotopic (exact) mass is 384 g/mol. The number of benzene rings is 1. The maximum absolute atomic E-state index is 11.1. The van der Waals surface area contributed by atoms with Gasteiger partial charge in [0.1, 0.15) is 0 Å². The summed E-state index contributed by atoms with van der Waals surface area (Å²) in [5.41, 5.74) is 1.36. The summed E-state index contributed by atoms with van der Waals surface area (Å²) in [5, 5.41) is 15.9. The van der Waals surface area contributed by atoms with Crippen molar-refractivity contribution in [2.45, 2.75) is 19.4 Å². The highest BCUT2D eigenvalue weighted by Gasteiger charge is 2.19. The van der Waals surface area contributed by atoms with Gasteiger partial charge in [-0.1, -0.05) is 29.3 Å². The quantitative estimate of drug-likeness (QED) is 0.678. The molecule has 0 aliphatic heterocycles. The highest BCUT2D eigenvalue weighted by atomic mass is 35.5. The second-order valence-corrected chi connectivity index (χ2v) is 6.19. The average Bonchev–Trinajstić information content (AvgIpc) is 2.46. The van der Waals surface area contributed by atoms with Crippen molar-refractivity contribution in [1.82, 2.24) is 15.3 Å². The van der Waals surface area contributed by atoms with Gasteiger partial charge in [-0.05, 0) is 42.9 Å². The maximum Gasteiger partial charge on any atom is 0.305 e. The van der Waals surface area contributed by atoms with Gasteiger partial charge in [0.25, 0.3) is 0 Å². The van der Waals surface area contributed by atoms with Crippen LogP contribution in [0.25, 0.3) is 0 Å². The highest BCUT2D eigenvalue weighted by molar-refractivity contribution is 7.80. The minimum absolute atomic E-state index is 0.192. The standard InChI is InChI=1S/C15H14Cl2N4O2S/c1-8-4-5-18-14(19-8)21-15(24)20-12(7-13(22)23)10-3-2-9(16)6-11(10)17/h2-6,12H,7H2,1H3,(H,22,23)(H2,18,19,20,21,24)/t12-/m1/s1. The van der Waals surface area contributed by atoms with E-state index in [-0.39, 0.29) is 11.5 Å². The molecule has 1 aromatic carbocycles. The fourth-order valence-corrected chi connectivity index (χ4v) is 2.78. The minimum Gasteiger partial charge on any atom is -0.481 e. The third-order valence-corrected chi connectivity index (χ3v) is 3.82. The Morgan fingerprint density at radius 2 is 2.12 bits per heavy atom. The van der Waals surface area contributed by atoms with Crippen LogP contribution in [0.3, 0.4) is 0 Å². The summed E-state index contributed by atoms with van der Waals surface area (Å²) in [7, 11) is 0. The molecule has 0 saturated carbocycles. The molecule has 6 nitrogen and oxygen atoms in total. The first-order valence-corrected chi connectivity index (χ1v) is 8.05. The second-order valence-electron chi connectivity index (χ2n) is 4.94. The van der Waals surface area contributed by atoms with Crippen molar-refractivity contribution in [1.29, 1.82) is 0 Å². The molecule has 1 heterocycles. The zero-order chi connectivity index (χ0) is 17.7. The Kier molecular flexibility index (Phi) is 6.30. The molecule has 24 heavy (non-hydrogen) atoms.